The first-order valence-corrected chi connectivity index (χ1v) is 6.79. The van der Waals surface area contributed by atoms with Crippen molar-refractivity contribution < 1.29 is 19.1 Å². The van der Waals surface area contributed by atoms with Crippen LogP contribution in [-0.2, 0) is 14.3 Å². The summed E-state index contributed by atoms with van der Waals surface area (Å²) in [5.74, 6) is -0.103. The Bertz CT molecular complexity index is 321. The Morgan fingerprint density at radius 1 is 1.39 bits per heavy atom. The molecule has 0 atom stereocenters. The minimum Gasteiger partial charge on any atom is -0.459 e. The number of likely N-dealkylation sites (tertiary alicyclic amines) is 1. The van der Waals surface area contributed by atoms with Crippen LogP contribution in [0.5, 0.6) is 0 Å². The first-order valence-electron chi connectivity index (χ1n) is 6.79. The van der Waals surface area contributed by atoms with Crippen LogP contribution in [0.1, 0.15) is 45.4 Å². The van der Waals surface area contributed by atoms with E-state index >= 15 is 0 Å². The van der Waals surface area contributed by atoms with Gasteiger partial charge in [-0.15, -0.1) is 0 Å². The molecule has 2 heterocycles. The number of piperidine rings is 1. The summed E-state index contributed by atoms with van der Waals surface area (Å²) in [6.45, 7) is 3.80. The van der Waals surface area contributed by atoms with Crippen molar-refractivity contribution in [3.8, 4) is 0 Å². The summed E-state index contributed by atoms with van der Waals surface area (Å²) >= 11 is 0. The van der Waals surface area contributed by atoms with Gasteiger partial charge >= 0.3 is 12.1 Å². The Morgan fingerprint density at radius 2 is 2.11 bits per heavy atom. The van der Waals surface area contributed by atoms with E-state index in [0.717, 1.165) is 32.1 Å². The van der Waals surface area contributed by atoms with Gasteiger partial charge in [0, 0.05) is 32.4 Å². The molecule has 0 aromatic rings. The van der Waals surface area contributed by atoms with Crippen LogP contribution in [0.25, 0.3) is 0 Å². The number of carbonyl (C=O) groups is 2. The highest BCUT2D eigenvalue weighted by Crippen LogP contribution is 2.36. The minimum atomic E-state index is -0.294. The molecule has 5 nitrogen and oxygen atoms in total. The third-order valence-electron chi connectivity index (χ3n) is 3.77. The number of nitrogens with zero attached hydrogens (tertiary/aromatic N) is 1. The van der Waals surface area contributed by atoms with Gasteiger partial charge in [-0.25, -0.2) is 4.79 Å². The molecule has 2 saturated heterocycles. The zero-order valence-electron chi connectivity index (χ0n) is 10.9. The molecule has 0 N–H and O–H groups in total. The van der Waals surface area contributed by atoms with Crippen LogP contribution >= 0.6 is 0 Å². The smallest absolute Gasteiger partial charge is 0.409 e. The molecule has 1 spiro atoms. The molecule has 1 amide bonds. The average molecular weight is 255 g/mol. The predicted octanol–water partition coefficient (Wildman–Crippen LogP) is 2.09. The van der Waals surface area contributed by atoms with E-state index in [9.17, 15) is 9.59 Å². The fourth-order valence-electron chi connectivity index (χ4n) is 2.52. The Balaban J connectivity index is 1.76. The summed E-state index contributed by atoms with van der Waals surface area (Å²) in [6, 6.07) is 0. The summed E-state index contributed by atoms with van der Waals surface area (Å²) in [6.07, 6.45) is 4.48. The summed E-state index contributed by atoms with van der Waals surface area (Å²) in [7, 11) is 0. The van der Waals surface area contributed by atoms with Gasteiger partial charge in [0.2, 0.25) is 0 Å². The van der Waals surface area contributed by atoms with Crippen LogP contribution in [0.15, 0.2) is 0 Å². The number of ether oxygens (including phenoxy) is 2. The predicted molar refractivity (Wildman–Crippen MR) is 65.1 cm³/mol. The van der Waals surface area contributed by atoms with Crippen LogP contribution < -0.4 is 0 Å². The van der Waals surface area contributed by atoms with Gasteiger partial charge in [0.25, 0.3) is 0 Å². The molecular weight excluding hydrogens is 234 g/mol. The molecule has 0 bridgehead atoms. The second-order valence-electron chi connectivity index (χ2n) is 5.11. The average Bonchev–Trinajstić information content (AvgIpc) is 2.72. The van der Waals surface area contributed by atoms with Crippen LogP contribution in [0.3, 0.4) is 0 Å². The van der Waals surface area contributed by atoms with Crippen molar-refractivity contribution in [2.45, 2.75) is 51.0 Å². The molecule has 0 saturated carbocycles. The third kappa shape index (κ3) is 2.94. The molecule has 2 rings (SSSR count). The van der Waals surface area contributed by atoms with Gasteiger partial charge in [0.1, 0.15) is 5.60 Å². The number of esters is 1. The molecule has 18 heavy (non-hydrogen) atoms. The summed E-state index contributed by atoms with van der Waals surface area (Å²) in [5, 5.41) is 0. The maximum Gasteiger partial charge on any atom is 0.409 e. The molecule has 2 aliphatic heterocycles. The SMILES string of the molecule is CCCCOC(=O)N1CCC2(CCC(=O)O2)CC1. The maximum atomic E-state index is 11.7. The molecular formula is C13H21NO4. The number of rotatable bonds is 3. The second-order valence-corrected chi connectivity index (χ2v) is 5.11. The van der Waals surface area contributed by atoms with Gasteiger partial charge in [0.15, 0.2) is 0 Å². The van der Waals surface area contributed by atoms with Crippen molar-refractivity contribution in [3.05, 3.63) is 0 Å². The van der Waals surface area contributed by atoms with E-state index in [1.54, 1.807) is 4.90 Å². The largest absolute Gasteiger partial charge is 0.459 e. The number of hydrogen-bond acceptors (Lipinski definition) is 4. The van der Waals surface area contributed by atoms with Crippen molar-refractivity contribution in [3.63, 3.8) is 0 Å². The van der Waals surface area contributed by atoms with Gasteiger partial charge in [-0.05, 0) is 12.8 Å². The molecule has 0 aromatic carbocycles. The van der Waals surface area contributed by atoms with Crippen LogP contribution in [0, 0.1) is 0 Å². The van der Waals surface area contributed by atoms with Gasteiger partial charge in [-0.2, -0.15) is 0 Å². The van der Waals surface area contributed by atoms with Crippen LogP contribution in [0.2, 0.25) is 0 Å². The molecule has 2 aliphatic rings. The number of unbranched alkanes of at least 4 members (excludes halogenated alkanes) is 1. The molecule has 2 fully saturated rings. The maximum absolute atomic E-state index is 11.7. The van der Waals surface area contributed by atoms with E-state index < -0.39 is 0 Å². The van der Waals surface area contributed by atoms with E-state index in [1.165, 1.54) is 0 Å². The van der Waals surface area contributed by atoms with E-state index in [0.29, 0.717) is 26.1 Å². The first-order chi connectivity index (χ1) is 8.65. The molecule has 102 valence electrons. The normalized spacial score (nSPS) is 22.1. The van der Waals surface area contributed by atoms with Crippen LogP contribution in [0.4, 0.5) is 4.79 Å². The van der Waals surface area contributed by atoms with Crippen molar-refractivity contribution in [1.29, 1.82) is 0 Å². The van der Waals surface area contributed by atoms with Crippen molar-refractivity contribution in [2.75, 3.05) is 19.7 Å². The summed E-state index contributed by atoms with van der Waals surface area (Å²) in [5.41, 5.74) is -0.294. The highest BCUT2D eigenvalue weighted by atomic mass is 16.6. The zero-order chi connectivity index (χ0) is 13.0. The Morgan fingerprint density at radius 3 is 2.67 bits per heavy atom. The van der Waals surface area contributed by atoms with E-state index in [4.69, 9.17) is 9.47 Å². The molecule has 0 aliphatic carbocycles. The van der Waals surface area contributed by atoms with Gasteiger partial charge in [-0.1, -0.05) is 13.3 Å². The lowest BCUT2D eigenvalue weighted by atomic mass is 9.89. The second kappa shape index (κ2) is 5.59. The molecule has 5 heteroatoms. The van der Waals surface area contributed by atoms with E-state index in [1.807, 2.05) is 0 Å². The Labute approximate surface area is 107 Å². The molecule has 0 unspecified atom stereocenters. The minimum absolute atomic E-state index is 0.103. The van der Waals surface area contributed by atoms with E-state index in [-0.39, 0.29) is 17.7 Å². The van der Waals surface area contributed by atoms with Gasteiger partial charge < -0.3 is 14.4 Å². The number of amides is 1. The monoisotopic (exact) mass is 255 g/mol. The topological polar surface area (TPSA) is 55.8 Å². The quantitative estimate of drug-likeness (QED) is 0.572. The number of hydrogen-bond donors (Lipinski definition) is 0. The lowest BCUT2D eigenvalue weighted by molar-refractivity contribution is -0.151. The Kier molecular flexibility index (Phi) is 4.09. The molecule has 0 aromatic heterocycles. The highest BCUT2D eigenvalue weighted by Gasteiger charge is 2.43. The number of carbonyl (C=O) groups excluding carboxylic acids is 2. The van der Waals surface area contributed by atoms with Crippen molar-refractivity contribution in [1.82, 2.24) is 4.90 Å². The zero-order valence-corrected chi connectivity index (χ0v) is 10.9. The Hall–Kier alpha value is -1.26. The van der Waals surface area contributed by atoms with Gasteiger partial charge in [0.05, 0.1) is 6.61 Å². The fourth-order valence-corrected chi connectivity index (χ4v) is 2.52. The first kappa shape index (κ1) is 13.2. The van der Waals surface area contributed by atoms with Crippen LogP contribution in [-0.4, -0.2) is 42.3 Å². The highest BCUT2D eigenvalue weighted by molar-refractivity contribution is 5.72. The lowest BCUT2D eigenvalue weighted by Crippen LogP contribution is -2.46. The third-order valence-corrected chi connectivity index (χ3v) is 3.77. The van der Waals surface area contributed by atoms with Gasteiger partial charge in [-0.3, -0.25) is 4.79 Å². The van der Waals surface area contributed by atoms with Crippen molar-refractivity contribution >= 4 is 12.1 Å². The van der Waals surface area contributed by atoms with E-state index in [2.05, 4.69) is 6.92 Å². The molecule has 0 radical (unpaired) electrons. The summed E-state index contributed by atoms with van der Waals surface area (Å²) in [4.78, 5) is 24.6. The fraction of sp³-hybridized carbons (Fsp3) is 0.846. The standard InChI is InChI=1S/C13H21NO4/c1-2-3-10-17-12(16)14-8-6-13(7-9-14)5-4-11(15)18-13/h2-10H2,1H3. The summed E-state index contributed by atoms with van der Waals surface area (Å²) < 4.78 is 10.6. The van der Waals surface area contributed by atoms with Crippen molar-refractivity contribution in [2.24, 2.45) is 0 Å². The lowest BCUT2D eigenvalue weighted by Gasteiger charge is -2.37.